The highest BCUT2D eigenvalue weighted by atomic mass is 16.5. The van der Waals surface area contributed by atoms with Gasteiger partial charge in [0.2, 0.25) is 0 Å². The van der Waals surface area contributed by atoms with Crippen molar-refractivity contribution in [2.45, 2.75) is 19.9 Å². The van der Waals surface area contributed by atoms with Crippen LogP contribution in [-0.2, 0) is 14.3 Å². The summed E-state index contributed by atoms with van der Waals surface area (Å²) in [6.45, 7) is 3.32. The summed E-state index contributed by atoms with van der Waals surface area (Å²) in [5.41, 5.74) is 1.01. The molecule has 0 fully saturated rings. The van der Waals surface area contributed by atoms with Crippen LogP contribution in [0.2, 0.25) is 0 Å². The zero-order valence-corrected chi connectivity index (χ0v) is 10.6. The van der Waals surface area contributed by atoms with E-state index in [2.05, 4.69) is 5.32 Å². The van der Waals surface area contributed by atoms with Gasteiger partial charge in [-0.3, -0.25) is 4.79 Å². The van der Waals surface area contributed by atoms with Gasteiger partial charge in [-0.25, -0.2) is 4.79 Å². The molecule has 0 saturated carbocycles. The van der Waals surface area contributed by atoms with Crippen LogP contribution in [-0.4, -0.2) is 18.5 Å². The van der Waals surface area contributed by atoms with Crippen molar-refractivity contribution in [3.05, 3.63) is 48.0 Å². The number of allylic oxidation sites excluding steroid dienone is 1. The minimum Gasteiger partial charge on any atom is -0.452 e. The first kappa shape index (κ1) is 14.0. The number of rotatable bonds is 5. The molecular weight excluding hydrogens is 230 g/mol. The van der Waals surface area contributed by atoms with Crippen molar-refractivity contribution in [3.63, 3.8) is 0 Å². The molecule has 0 heterocycles. The molecule has 1 unspecified atom stereocenters. The molecule has 1 aromatic rings. The molecule has 18 heavy (non-hydrogen) atoms. The Morgan fingerprint density at radius 3 is 2.61 bits per heavy atom. The van der Waals surface area contributed by atoms with E-state index in [1.54, 1.807) is 13.0 Å². The van der Waals surface area contributed by atoms with Gasteiger partial charge in [-0.1, -0.05) is 36.4 Å². The monoisotopic (exact) mass is 247 g/mol. The molecule has 0 bridgehead atoms. The third kappa shape index (κ3) is 4.82. The van der Waals surface area contributed by atoms with Gasteiger partial charge in [0, 0.05) is 6.08 Å². The zero-order valence-electron chi connectivity index (χ0n) is 10.6. The molecule has 1 atom stereocenters. The number of benzene rings is 1. The van der Waals surface area contributed by atoms with Crippen molar-refractivity contribution in [3.8, 4) is 0 Å². The zero-order chi connectivity index (χ0) is 13.4. The van der Waals surface area contributed by atoms with E-state index in [0.29, 0.717) is 0 Å². The molecule has 0 radical (unpaired) electrons. The van der Waals surface area contributed by atoms with Gasteiger partial charge in [0.1, 0.15) is 0 Å². The van der Waals surface area contributed by atoms with Gasteiger partial charge in [0.15, 0.2) is 6.61 Å². The van der Waals surface area contributed by atoms with E-state index in [9.17, 15) is 9.59 Å². The molecule has 0 aromatic heterocycles. The Labute approximate surface area is 107 Å². The molecule has 0 aliphatic carbocycles. The third-order valence-corrected chi connectivity index (χ3v) is 2.33. The summed E-state index contributed by atoms with van der Waals surface area (Å²) in [7, 11) is 0. The van der Waals surface area contributed by atoms with E-state index >= 15 is 0 Å². The summed E-state index contributed by atoms with van der Waals surface area (Å²) in [6.07, 6.45) is 2.83. The Bertz CT molecular complexity index is 426. The molecule has 0 aliphatic heterocycles. The topological polar surface area (TPSA) is 55.4 Å². The van der Waals surface area contributed by atoms with Crippen LogP contribution in [0.4, 0.5) is 0 Å². The number of esters is 1. The second-order valence-corrected chi connectivity index (χ2v) is 3.81. The molecule has 1 aromatic carbocycles. The average Bonchev–Trinajstić information content (AvgIpc) is 2.38. The Hall–Kier alpha value is -2.10. The van der Waals surface area contributed by atoms with Crippen LogP contribution in [0.5, 0.6) is 0 Å². The number of ether oxygens (including phenoxy) is 1. The molecule has 4 heteroatoms. The minimum atomic E-state index is -0.514. The molecular formula is C14H17NO3. The predicted octanol–water partition coefficient (Wildman–Crippen LogP) is 1.98. The second kappa shape index (κ2) is 7.27. The van der Waals surface area contributed by atoms with Crippen LogP contribution in [0.1, 0.15) is 25.5 Å². The summed E-state index contributed by atoms with van der Waals surface area (Å²) in [5, 5.41) is 2.75. The molecule has 0 spiro atoms. The summed E-state index contributed by atoms with van der Waals surface area (Å²) in [5.74, 6) is -0.829. The quantitative estimate of drug-likeness (QED) is 0.639. The lowest BCUT2D eigenvalue weighted by atomic mass is 10.1. The lowest BCUT2D eigenvalue weighted by Gasteiger charge is -2.13. The van der Waals surface area contributed by atoms with Gasteiger partial charge in [-0.15, -0.1) is 0 Å². The highest BCUT2D eigenvalue weighted by molar-refractivity contribution is 5.85. The van der Waals surface area contributed by atoms with E-state index in [0.717, 1.165) is 5.56 Å². The Balaban J connectivity index is 2.39. The summed E-state index contributed by atoms with van der Waals surface area (Å²) < 4.78 is 4.74. The highest BCUT2D eigenvalue weighted by Gasteiger charge is 2.10. The Morgan fingerprint density at radius 2 is 2.00 bits per heavy atom. The minimum absolute atomic E-state index is 0.112. The fourth-order valence-corrected chi connectivity index (χ4v) is 1.43. The smallest absolute Gasteiger partial charge is 0.330 e. The number of hydrogen-bond acceptors (Lipinski definition) is 3. The molecule has 0 saturated heterocycles. The van der Waals surface area contributed by atoms with Crippen molar-refractivity contribution in [2.75, 3.05) is 6.61 Å². The van der Waals surface area contributed by atoms with E-state index in [-0.39, 0.29) is 18.6 Å². The van der Waals surface area contributed by atoms with Crippen LogP contribution in [0.3, 0.4) is 0 Å². The lowest BCUT2D eigenvalue weighted by Crippen LogP contribution is -2.30. The fourth-order valence-electron chi connectivity index (χ4n) is 1.43. The molecule has 96 valence electrons. The largest absolute Gasteiger partial charge is 0.452 e. The van der Waals surface area contributed by atoms with Crippen LogP contribution < -0.4 is 5.32 Å². The van der Waals surface area contributed by atoms with Gasteiger partial charge in [0.25, 0.3) is 5.91 Å². The third-order valence-electron chi connectivity index (χ3n) is 2.33. The molecule has 1 N–H and O–H groups in total. The lowest BCUT2D eigenvalue weighted by molar-refractivity contribution is -0.144. The molecule has 0 aliphatic rings. The summed E-state index contributed by atoms with van der Waals surface area (Å²) in [4.78, 5) is 22.5. The first-order valence-electron chi connectivity index (χ1n) is 5.77. The normalized spacial score (nSPS) is 12.1. The van der Waals surface area contributed by atoms with Crippen molar-refractivity contribution < 1.29 is 14.3 Å². The van der Waals surface area contributed by atoms with Crippen LogP contribution in [0, 0.1) is 0 Å². The SMILES string of the molecule is C/C=C/C(=O)OCC(=O)NC(C)c1ccccc1. The van der Waals surface area contributed by atoms with Gasteiger partial charge in [-0.2, -0.15) is 0 Å². The number of carbonyl (C=O) groups excluding carboxylic acids is 2. The maximum atomic E-state index is 11.5. The van der Waals surface area contributed by atoms with Gasteiger partial charge >= 0.3 is 5.97 Å². The maximum Gasteiger partial charge on any atom is 0.330 e. The first-order valence-corrected chi connectivity index (χ1v) is 5.77. The van der Waals surface area contributed by atoms with Crippen LogP contribution in [0.15, 0.2) is 42.5 Å². The highest BCUT2D eigenvalue weighted by Crippen LogP contribution is 2.10. The number of carbonyl (C=O) groups is 2. The average molecular weight is 247 g/mol. The number of nitrogens with one attached hydrogen (secondary N) is 1. The van der Waals surface area contributed by atoms with Gasteiger partial charge < -0.3 is 10.1 Å². The van der Waals surface area contributed by atoms with Crippen molar-refractivity contribution in [2.24, 2.45) is 0 Å². The fraction of sp³-hybridized carbons (Fsp3) is 0.286. The Kier molecular flexibility index (Phi) is 5.64. The van der Waals surface area contributed by atoms with E-state index in [1.807, 2.05) is 37.3 Å². The summed E-state index contributed by atoms with van der Waals surface area (Å²) >= 11 is 0. The van der Waals surface area contributed by atoms with E-state index in [4.69, 9.17) is 4.74 Å². The van der Waals surface area contributed by atoms with Crippen LogP contribution in [0.25, 0.3) is 0 Å². The first-order chi connectivity index (χ1) is 8.63. The van der Waals surface area contributed by atoms with Gasteiger partial charge in [-0.05, 0) is 19.4 Å². The number of hydrogen-bond donors (Lipinski definition) is 1. The maximum absolute atomic E-state index is 11.5. The number of amides is 1. The molecule has 1 rings (SSSR count). The van der Waals surface area contributed by atoms with Gasteiger partial charge in [0.05, 0.1) is 6.04 Å². The standard InChI is InChI=1S/C14H17NO3/c1-3-7-14(17)18-10-13(16)15-11(2)12-8-5-4-6-9-12/h3-9,11H,10H2,1-2H3,(H,15,16)/b7-3+. The van der Waals surface area contributed by atoms with E-state index in [1.165, 1.54) is 6.08 Å². The predicted molar refractivity (Wildman–Crippen MR) is 68.8 cm³/mol. The summed E-state index contributed by atoms with van der Waals surface area (Å²) in [6, 6.07) is 9.47. The van der Waals surface area contributed by atoms with Crippen molar-refractivity contribution >= 4 is 11.9 Å². The molecule has 1 amide bonds. The van der Waals surface area contributed by atoms with Crippen LogP contribution >= 0.6 is 0 Å². The van der Waals surface area contributed by atoms with E-state index < -0.39 is 5.97 Å². The second-order valence-electron chi connectivity index (χ2n) is 3.81. The Morgan fingerprint density at radius 1 is 1.33 bits per heavy atom. The van der Waals surface area contributed by atoms with Crippen molar-refractivity contribution in [1.29, 1.82) is 0 Å². The molecule has 4 nitrogen and oxygen atoms in total. The van der Waals surface area contributed by atoms with Crippen molar-refractivity contribution in [1.82, 2.24) is 5.32 Å².